The predicted molar refractivity (Wildman–Crippen MR) is 109 cm³/mol. The van der Waals surface area contributed by atoms with Gasteiger partial charge in [0.05, 0.1) is 29.8 Å². The van der Waals surface area contributed by atoms with Gasteiger partial charge in [0, 0.05) is 5.02 Å². The molecule has 0 saturated carbocycles. The van der Waals surface area contributed by atoms with Crippen molar-refractivity contribution in [1.29, 1.82) is 0 Å². The highest BCUT2D eigenvalue weighted by Crippen LogP contribution is 2.28. The molecule has 0 radical (unpaired) electrons. The van der Waals surface area contributed by atoms with Crippen LogP contribution in [-0.4, -0.2) is 33.7 Å². The van der Waals surface area contributed by atoms with Gasteiger partial charge in [-0.3, -0.25) is 9.10 Å². The molecule has 6 nitrogen and oxygen atoms in total. The number of hydrogen-bond acceptors (Lipinski definition) is 4. The Labute approximate surface area is 169 Å². The van der Waals surface area contributed by atoms with Gasteiger partial charge in [0.15, 0.2) is 0 Å². The third-order valence-corrected chi connectivity index (χ3v) is 5.59. The molecule has 2 rings (SSSR count). The van der Waals surface area contributed by atoms with E-state index in [-0.39, 0.29) is 6.42 Å². The van der Waals surface area contributed by atoms with E-state index < -0.39 is 22.0 Å². The van der Waals surface area contributed by atoms with Gasteiger partial charge in [-0.05, 0) is 48.9 Å². The average Bonchev–Trinajstić information content (AvgIpc) is 2.61. The normalized spacial score (nSPS) is 12.3. The first-order valence-corrected chi connectivity index (χ1v) is 10.7. The third-order valence-electron chi connectivity index (χ3n) is 3.84. The van der Waals surface area contributed by atoms with Crippen LogP contribution >= 0.6 is 23.2 Å². The molecule has 1 atom stereocenters. The molecule has 0 aliphatic heterocycles. The van der Waals surface area contributed by atoms with Crippen LogP contribution in [0, 0.1) is 0 Å². The zero-order valence-corrected chi connectivity index (χ0v) is 17.4. The summed E-state index contributed by atoms with van der Waals surface area (Å²) < 4.78 is 31.0. The van der Waals surface area contributed by atoms with Crippen LogP contribution in [0.1, 0.15) is 13.3 Å². The van der Waals surface area contributed by atoms with E-state index in [9.17, 15) is 13.2 Å². The molecule has 0 saturated heterocycles. The van der Waals surface area contributed by atoms with E-state index >= 15 is 0 Å². The van der Waals surface area contributed by atoms with Gasteiger partial charge in [0.1, 0.15) is 11.8 Å². The van der Waals surface area contributed by atoms with Crippen LogP contribution in [0.3, 0.4) is 0 Å². The van der Waals surface area contributed by atoms with Gasteiger partial charge in [0.25, 0.3) is 0 Å². The van der Waals surface area contributed by atoms with E-state index in [0.29, 0.717) is 27.2 Å². The molecule has 27 heavy (non-hydrogen) atoms. The second-order valence-electron chi connectivity index (χ2n) is 5.79. The van der Waals surface area contributed by atoms with Crippen LogP contribution in [0.2, 0.25) is 10.0 Å². The SMILES string of the molecule is CCC(C(=O)Nc1cc(Cl)ccc1Cl)N(c1ccc(OC)cc1)S(C)(=O)=O. The zero-order chi connectivity index (χ0) is 20.2. The monoisotopic (exact) mass is 430 g/mol. The topological polar surface area (TPSA) is 75.7 Å². The molecular weight excluding hydrogens is 411 g/mol. The van der Waals surface area contributed by atoms with Crippen LogP contribution in [0.25, 0.3) is 0 Å². The molecule has 9 heteroatoms. The van der Waals surface area contributed by atoms with Crippen molar-refractivity contribution in [3.05, 3.63) is 52.5 Å². The minimum Gasteiger partial charge on any atom is -0.497 e. The second-order valence-corrected chi connectivity index (χ2v) is 8.50. The lowest BCUT2D eigenvalue weighted by Gasteiger charge is -2.30. The maximum Gasteiger partial charge on any atom is 0.248 e. The molecule has 146 valence electrons. The number of halogens is 2. The number of hydrogen-bond donors (Lipinski definition) is 1. The lowest BCUT2D eigenvalue weighted by molar-refractivity contribution is -0.117. The quantitative estimate of drug-likeness (QED) is 0.714. The summed E-state index contributed by atoms with van der Waals surface area (Å²) in [6, 6.07) is 10.1. The van der Waals surface area contributed by atoms with Crippen molar-refractivity contribution in [2.24, 2.45) is 0 Å². The van der Waals surface area contributed by atoms with Crippen LogP contribution < -0.4 is 14.4 Å². The van der Waals surface area contributed by atoms with Crippen LogP contribution in [0.5, 0.6) is 5.75 Å². The fraction of sp³-hybridized carbons (Fsp3) is 0.278. The maximum atomic E-state index is 12.8. The second kappa shape index (κ2) is 8.82. The number of carbonyl (C=O) groups is 1. The zero-order valence-electron chi connectivity index (χ0n) is 15.1. The van der Waals surface area contributed by atoms with Crippen molar-refractivity contribution in [3.8, 4) is 5.75 Å². The Balaban J connectivity index is 2.39. The number of rotatable bonds is 7. The van der Waals surface area contributed by atoms with Gasteiger partial charge >= 0.3 is 0 Å². The Morgan fingerprint density at radius 1 is 1.19 bits per heavy atom. The number of benzene rings is 2. The maximum absolute atomic E-state index is 12.8. The Morgan fingerprint density at radius 2 is 1.81 bits per heavy atom. The molecule has 0 aliphatic rings. The van der Waals surface area contributed by atoms with Crippen molar-refractivity contribution in [3.63, 3.8) is 0 Å². The minimum absolute atomic E-state index is 0.253. The Morgan fingerprint density at radius 3 is 2.33 bits per heavy atom. The average molecular weight is 431 g/mol. The number of sulfonamides is 1. The Kier molecular flexibility index (Phi) is 6.97. The van der Waals surface area contributed by atoms with E-state index in [2.05, 4.69) is 5.32 Å². The predicted octanol–water partition coefficient (Wildman–Crippen LogP) is 4.19. The lowest BCUT2D eigenvalue weighted by atomic mass is 10.1. The van der Waals surface area contributed by atoms with Crippen molar-refractivity contribution in [1.82, 2.24) is 0 Å². The summed E-state index contributed by atoms with van der Waals surface area (Å²) in [5, 5.41) is 3.37. The standard InChI is InChI=1S/C18H20Cl2N2O4S/c1-4-17(18(23)21-16-11-12(19)5-10-15(16)20)22(27(3,24)25)13-6-8-14(26-2)9-7-13/h5-11,17H,4H2,1-3H3,(H,21,23). The van der Waals surface area contributed by atoms with E-state index in [4.69, 9.17) is 27.9 Å². The molecule has 2 aromatic rings. The first-order chi connectivity index (χ1) is 12.7. The van der Waals surface area contributed by atoms with E-state index in [1.165, 1.54) is 13.2 Å². The summed E-state index contributed by atoms with van der Waals surface area (Å²) in [7, 11) is -2.22. The first-order valence-electron chi connectivity index (χ1n) is 8.06. The smallest absolute Gasteiger partial charge is 0.248 e. The van der Waals surface area contributed by atoms with Crippen molar-refractivity contribution >= 4 is 50.5 Å². The molecule has 0 heterocycles. The Hall–Kier alpha value is -1.96. The number of nitrogens with one attached hydrogen (secondary N) is 1. The van der Waals surface area contributed by atoms with E-state index in [1.54, 1.807) is 43.3 Å². The first kappa shape index (κ1) is 21.3. The highest BCUT2D eigenvalue weighted by molar-refractivity contribution is 7.92. The number of anilines is 2. The number of nitrogens with zero attached hydrogens (tertiary/aromatic N) is 1. The summed E-state index contributed by atoms with van der Waals surface area (Å²) in [5.74, 6) is 0.0679. The van der Waals surface area contributed by atoms with Gasteiger partial charge in [-0.2, -0.15) is 0 Å². The molecule has 0 spiro atoms. The van der Waals surface area contributed by atoms with Gasteiger partial charge in [-0.25, -0.2) is 8.42 Å². The largest absolute Gasteiger partial charge is 0.497 e. The van der Waals surface area contributed by atoms with Crippen LogP contribution in [-0.2, 0) is 14.8 Å². The van der Waals surface area contributed by atoms with Crippen LogP contribution in [0.15, 0.2) is 42.5 Å². The number of methoxy groups -OCH3 is 1. The molecule has 0 bridgehead atoms. The minimum atomic E-state index is -3.73. The fourth-order valence-electron chi connectivity index (χ4n) is 2.60. The number of carbonyl (C=O) groups excluding carboxylic acids is 1. The summed E-state index contributed by atoms with van der Waals surface area (Å²) in [5.41, 5.74) is 0.674. The van der Waals surface area contributed by atoms with Crippen molar-refractivity contribution < 1.29 is 17.9 Å². The summed E-state index contributed by atoms with van der Waals surface area (Å²) in [6.45, 7) is 1.73. The Bertz CT molecular complexity index is 917. The highest BCUT2D eigenvalue weighted by atomic mass is 35.5. The highest BCUT2D eigenvalue weighted by Gasteiger charge is 2.31. The molecule has 1 amide bonds. The molecule has 0 fully saturated rings. The molecule has 0 aliphatic carbocycles. The molecule has 0 aromatic heterocycles. The molecule has 2 aromatic carbocycles. The number of amides is 1. The summed E-state index contributed by atoms with van der Waals surface area (Å²) >= 11 is 12.0. The molecule has 1 N–H and O–H groups in total. The van der Waals surface area contributed by atoms with E-state index in [1.807, 2.05) is 0 Å². The van der Waals surface area contributed by atoms with Crippen LogP contribution in [0.4, 0.5) is 11.4 Å². The van der Waals surface area contributed by atoms with Crippen molar-refractivity contribution in [2.45, 2.75) is 19.4 Å². The van der Waals surface area contributed by atoms with E-state index in [0.717, 1.165) is 10.6 Å². The van der Waals surface area contributed by atoms with Gasteiger partial charge in [0.2, 0.25) is 15.9 Å². The third kappa shape index (κ3) is 5.28. The van der Waals surface area contributed by atoms with Gasteiger partial charge in [-0.1, -0.05) is 30.1 Å². The number of ether oxygens (including phenoxy) is 1. The van der Waals surface area contributed by atoms with Crippen molar-refractivity contribution in [2.75, 3.05) is 23.0 Å². The summed E-state index contributed by atoms with van der Waals surface area (Å²) in [6.07, 6.45) is 1.31. The molecular formula is C18H20Cl2N2O4S. The van der Waals surface area contributed by atoms with Gasteiger partial charge < -0.3 is 10.1 Å². The lowest BCUT2D eigenvalue weighted by Crippen LogP contribution is -2.47. The van der Waals surface area contributed by atoms with Gasteiger partial charge in [-0.15, -0.1) is 0 Å². The fourth-order valence-corrected chi connectivity index (χ4v) is 4.15. The summed E-state index contributed by atoms with van der Waals surface area (Å²) in [4.78, 5) is 12.8. The molecule has 1 unspecified atom stereocenters.